The Morgan fingerprint density at radius 3 is 2.85 bits per heavy atom. The van der Waals surface area contributed by atoms with Crippen LogP contribution in [0.1, 0.15) is 30.5 Å². The Bertz CT molecular complexity index is 621. The van der Waals surface area contributed by atoms with Crippen LogP contribution in [-0.4, -0.2) is 64.8 Å². The molecule has 0 aliphatic carbocycles. The molecule has 0 aromatic carbocycles. The van der Waals surface area contributed by atoms with Gasteiger partial charge in [0.15, 0.2) is 0 Å². The van der Waals surface area contributed by atoms with Gasteiger partial charge in [-0.3, -0.25) is 14.4 Å². The van der Waals surface area contributed by atoms with Crippen LogP contribution in [0.25, 0.3) is 0 Å². The third-order valence-corrected chi connectivity index (χ3v) is 5.73. The Balaban J connectivity index is 0.00000182. The number of nitrogens with one attached hydrogen (secondary N) is 1. The first-order valence-electron chi connectivity index (χ1n) is 9.42. The Morgan fingerprint density at radius 1 is 1.37 bits per heavy atom. The molecular weight excluding hydrogens is 385 g/mol. The van der Waals surface area contributed by atoms with Crippen LogP contribution < -0.4 is 5.32 Å². The van der Waals surface area contributed by atoms with E-state index in [-0.39, 0.29) is 24.8 Å². The number of halogens is 2. The number of hydrogen-bond donors (Lipinski definition) is 1. The maximum absolute atomic E-state index is 12.3. The van der Waals surface area contributed by atoms with Crippen LogP contribution in [0.3, 0.4) is 0 Å². The van der Waals surface area contributed by atoms with E-state index in [0.717, 1.165) is 52.1 Å². The smallest absolute Gasteiger partial charge is 0.222 e. The van der Waals surface area contributed by atoms with Crippen LogP contribution in [0, 0.1) is 12.8 Å². The summed E-state index contributed by atoms with van der Waals surface area (Å²) in [6.07, 6.45) is 6.70. The van der Waals surface area contributed by atoms with Gasteiger partial charge in [-0.1, -0.05) is 6.08 Å². The van der Waals surface area contributed by atoms with E-state index in [9.17, 15) is 4.79 Å². The van der Waals surface area contributed by atoms with E-state index in [1.54, 1.807) is 0 Å². The fraction of sp³-hybridized carbons (Fsp3) is 0.684. The molecule has 0 bridgehead atoms. The summed E-state index contributed by atoms with van der Waals surface area (Å²) in [6, 6.07) is 0.426. The van der Waals surface area contributed by atoms with Crippen LogP contribution in [0.4, 0.5) is 0 Å². The minimum Gasteiger partial charge on any atom is -0.338 e. The Kier molecular flexibility index (Phi) is 9.81. The molecule has 1 amide bonds. The first-order valence-corrected chi connectivity index (χ1v) is 9.42. The second kappa shape index (κ2) is 11.1. The number of hydrogen-bond acceptors (Lipinski definition) is 4. The quantitative estimate of drug-likeness (QED) is 0.691. The van der Waals surface area contributed by atoms with Crippen molar-refractivity contribution in [2.75, 3.05) is 33.2 Å². The highest BCUT2D eigenvalue weighted by Gasteiger charge is 2.38. The first kappa shape index (κ1) is 24.0. The van der Waals surface area contributed by atoms with Crippen molar-refractivity contribution in [3.05, 3.63) is 30.1 Å². The van der Waals surface area contributed by atoms with Crippen molar-refractivity contribution < 1.29 is 4.79 Å². The standard InChI is InChI=1S/C19H31N5O.2ClH/c1-4-9-24-15(2)17(12-21-24)14-22-10-7-18-16(13-22)5-6-19(25)23(18)11-8-20-3;;/h4,12,16,18,20H,1,5-11,13-14H2,2-3H3;2*1H/t16-,18+;;/m0../s1. The molecule has 1 aromatic heterocycles. The maximum atomic E-state index is 12.3. The molecule has 0 saturated carbocycles. The molecule has 2 fully saturated rings. The summed E-state index contributed by atoms with van der Waals surface area (Å²) >= 11 is 0. The second-order valence-corrected chi connectivity index (χ2v) is 7.31. The van der Waals surface area contributed by atoms with E-state index < -0.39 is 0 Å². The Labute approximate surface area is 175 Å². The van der Waals surface area contributed by atoms with Crippen molar-refractivity contribution in [1.29, 1.82) is 0 Å². The number of carbonyl (C=O) groups is 1. The minimum absolute atomic E-state index is 0. The van der Waals surface area contributed by atoms with Crippen LogP contribution in [-0.2, 0) is 17.9 Å². The van der Waals surface area contributed by atoms with Gasteiger partial charge in [-0.05, 0) is 32.7 Å². The summed E-state index contributed by atoms with van der Waals surface area (Å²) in [5.74, 6) is 0.943. The molecule has 8 heteroatoms. The maximum Gasteiger partial charge on any atom is 0.222 e. The number of rotatable bonds is 7. The van der Waals surface area contributed by atoms with E-state index in [0.29, 0.717) is 24.3 Å². The van der Waals surface area contributed by atoms with Crippen molar-refractivity contribution in [2.45, 2.75) is 45.3 Å². The van der Waals surface area contributed by atoms with E-state index in [4.69, 9.17) is 0 Å². The van der Waals surface area contributed by atoms with Crippen molar-refractivity contribution in [3.8, 4) is 0 Å². The topological polar surface area (TPSA) is 53.4 Å². The zero-order chi connectivity index (χ0) is 17.8. The zero-order valence-corrected chi connectivity index (χ0v) is 18.0. The van der Waals surface area contributed by atoms with Gasteiger partial charge >= 0.3 is 0 Å². The number of amides is 1. The fourth-order valence-corrected chi connectivity index (χ4v) is 4.28. The van der Waals surface area contributed by atoms with Crippen LogP contribution in [0.15, 0.2) is 18.9 Å². The highest BCUT2D eigenvalue weighted by atomic mass is 35.5. The summed E-state index contributed by atoms with van der Waals surface area (Å²) < 4.78 is 2.01. The molecule has 6 nitrogen and oxygen atoms in total. The Morgan fingerprint density at radius 2 is 2.15 bits per heavy atom. The highest BCUT2D eigenvalue weighted by molar-refractivity contribution is 5.85. The normalized spacial score (nSPS) is 22.6. The summed E-state index contributed by atoms with van der Waals surface area (Å²) in [4.78, 5) is 17.0. The number of carbonyl (C=O) groups excluding carboxylic acids is 1. The molecule has 2 aliphatic rings. The van der Waals surface area contributed by atoms with E-state index in [1.165, 1.54) is 11.3 Å². The molecule has 1 N–H and O–H groups in total. The summed E-state index contributed by atoms with van der Waals surface area (Å²) in [7, 11) is 1.95. The van der Waals surface area contributed by atoms with E-state index >= 15 is 0 Å². The highest BCUT2D eigenvalue weighted by Crippen LogP contribution is 2.31. The number of likely N-dealkylation sites (tertiary alicyclic amines) is 2. The van der Waals surface area contributed by atoms with Crippen molar-refractivity contribution >= 4 is 30.7 Å². The van der Waals surface area contributed by atoms with Gasteiger partial charge < -0.3 is 10.2 Å². The molecule has 0 radical (unpaired) electrons. The van der Waals surface area contributed by atoms with Gasteiger partial charge in [0, 0.05) is 56.4 Å². The average molecular weight is 418 g/mol. The molecule has 2 atom stereocenters. The number of allylic oxidation sites excluding steroid dienone is 1. The first-order chi connectivity index (χ1) is 12.1. The Hall–Kier alpha value is -1.08. The lowest BCUT2D eigenvalue weighted by molar-refractivity contribution is -0.141. The van der Waals surface area contributed by atoms with Crippen molar-refractivity contribution in [3.63, 3.8) is 0 Å². The number of fused-ring (bicyclic) bond motifs is 1. The molecule has 154 valence electrons. The molecule has 0 spiro atoms. The lowest BCUT2D eigenvalue weighted by Gasteiger charge is -2.47. The fourth-order valence-electron chi connectivity index (χ4n) is 4.28. The van der Waals surface area contributed by atoms with E-state index in [2.05, 4.69) is 33.7 Å². The van der Waals surface area contributed by atoms with Crippen molar-refractivity contribution in [1.82, 2.24) is 24.9 Å². The third kappa shape index (κ3) is 5.47. The monoisotopic (exact) mass is 417 g/mol. The zero-order valence-electron chi connectivity index (χ0n) is 16.4. The van der Waals surface area contributed by atoms with Gasteiger partial charge in [0.2, 0.25) is 5.91 Å². The van der Waals surface area contributed by atoms with Crippen LogP contribution in [0.2, 0.25) is 0 Å². The van der Waals surface area contributed by atoms with Gasteiger partial charge in [0.05, 0.1) is 12.7 Å². The van der Waals surface area contributed by atoms with Gasteiger partial charge in [-0.25, -0.2) is 0 Å². The number of likely N-dealkylation sites (N-methyl/N-ethyl adjacent to an activating group) is 1. The van der Waals surface area contributed by atoms with Gasteiger partial charge in [-0.2, -0.15) is 5.10 Å². The molecular formula is C19H33Cl2N5O. The van der Waals surface area contributed by atoms with E-state index in [1.807, 2.05) is 24.0 Å². The molecule has 0 unspecified atom stereocenters. The SMILES string of the molecule is C=CCn1ncc(CN2CC[C@@H]3[C@@H](CCC(=O)N3CCNC)C2)c1C.Cl.Cl. The number of piperidine rings is 2. The van der Waals surface area contributed by atoms with Crippen LogP contribution >= 0.6 is 24.8 Å². The number of nitrogens with zero attached hydrogens (tertiary/aromatic N) is 4. The lowest BCUT2D eigenvalue weighted by atomic mass is 9.83. The predicted molar refractivity (Wildman–Crippen MR) is 114 cm³/mol. The molecule has 1 aromatic rings. The molecule has 27 heavy (non-hydrogen) atoms. The largest absolute Gasteiger partial charge is 0.338 e. The lowest BCUT2D eigenvalue weighted by Crippen LogP contribution is -2.56. The summed E-state index contributed by atoms with van der Waals surface area (Å²) in [5.41, 5.74) is 2.54. The van der Waals surface area contributed by atoms with Gasteiger partial charge in [-0.15, -0.1) is 31.4 Å². The van der Waals surface area contributed by atoms with Crippen LogP contribution in [0.5, 0.6) is 0 Å². The minimum atomic E-state index is 0. The van der Waals surface area contributed by atoms with Crippen molar-refractivity contribution in [2.24, 2.45) is 5.92 Å². The predicted octanol–water partition coefficient (Wildman–Crippen LogP) is 2.25. The third-order valence-electron chi connectivity index (χ3n) is 5.73. The molecule has 2 aliphatic heterocycles. The number of aromatic nitrogens is 2. The van der Waals surface area contributed by atoms with Gasteiger partial charge in [0.1, 0.15) is 0 Å². The second-order valence-electron chi connectivity index (χ2n) is 7.31. The molecule has 3 rings (SSSR count). The molecule has 3 heterocycles. The van der Waals surface area contributed by atoms with Gasteiger partial charge in [0.25, 0.3) is 0 Å². The summed E-state index contributed by atoms with van der Waals surface area (Å²) in [6.45, 7) is 11.5. The summed E-state index contributed by atoms with van der Waals surface area (Å²) in [5, 5.41) is 7.64. The molecule has 2 saturated heterocycles. The average Bonchev–Trinajstić information content (AvgIpc) is 2.95.